The van der Waals surface area contributed by atoms with Crippen molar-refractivity contribution < 1.29 is 16.8 Å². The lowest BCUT2D eigenvalue weighted by Crippen LogP contribution is -2.20. The summed E-state index contributed by atoms with van der Waals surface area (Å²) >= 11 is 0. The van der Waals surface area contributed by atoms with Crippen LogP contribution in [0.2, 0.25) is 0 Å². The number of primary sulfonamides is 1. The van der Waals surface area contributed by atoms with Crippen molar-refractivity contribution in [1.82, 2.24) is 0 Å². The van der Waals surface area contributed by atoms with E-state index in [1.165, 1.54) is 12.1 Å². The molecule has 2 rings (SSSR count). The second-order valence-electron chi connectivity index (χ2n) is 5.02. The second-order valence-corrected chi connectivity index (χ2v) is 8.54. The highest BCUT2D eigenvalue weighted by atomic mass is 32.2. The molecule has 1 aromatic rings. The molecule has 112 valence electrons. The van der Waals surface area contributed by atoms with Gasteiger partial charge >= 0.3 is 0 Å². The fraction of sp³-hybridized carbons (Fsp3) is 0.500. The predicted octanol–water partition coefficient (Wildman–Crippen LogP) is 1.11. The summed E-state index contributed by atoms with van der Waals surface area (Å²) in [5, 5.41) is 4.79. The molecular formula is C12H18N2O4S2. The predicted molar refractivity (Wildman–Crippen MR) is 77.5 cm³/mol. The minimum Gasteiger partial charge on any atom is -0.283 e. The molecule has 0 unspecified atom stereocenters. The summed E-state index contributed by atoms with van der Waals surface area (Å²) in [5.74, 6) is 0. The van der Waals surface area contributed by atoms with Gasteiger partial charge in [-0.3, -0.25) is 4.72 Å². The van der Waals surface area contributed by atoms with Gasteiger partial charge in [0.1, 0.15) is 0 Å². The molecule has 8 heteroatoms. The van der Waals surface area contributed by atoms with E-state index in [0.29, 0.717) is 36.1 Å². The Kier molecular flexibility index (Phi) is 3.83. The first-order valence-corrected chi connectivity index (χ1v) is 9.42. The number of nitrogens with one attached hydrogen (secondary N) is 1. The Labute approximate surface area is 119 Å². The Hall–Kier alpha value is -1.12. The topological polar surface area (TPSA) is 106 Å². The first-order valence-electron chi connectivity index (χ1n) is 6.33. The SMILES string of the molecule is CCc1cc(S(N)(=O)=O)cc(C)c1NS(=O)(=O)C1CC1. The highest BCUT2D eigenvalue weighted by Crippen LogP contribution is 2.32. The maximum Gasteiger partial charge on any atom is 0.238 e. The van der Waals surface area contributed by atoms with Gasteiger partial charge in [-0.05, 0) is 49.4 Å². The molecule has 1 aromatic carbocycles. The van der Waals surface area contributed by atoms with Crippen molar-refractivity contribution in [3.8, 4) is 0 Å². The third kappa shape index (κ3) is 3.13. The van der Waals surface area contributed by atoms with Crippen molar-refractivity contribution in [1.29, 1.82) is 0 Å². The van der Waals surface area contributed by atoms with E-state index in [-0.39, 0.29) is 10.1 Å². The number of nitrogens with two attached hydrogens (primary N) is 1. The first-order chi connectivity index (χ1) is 9.15. The van der Waals surface area contributed by atoms with E-state index in [9.17, 15) is 16.8 Å². The lowest BCUT2D eigenvalue weighted by atomic mass is 10.1. The normalized spacial score (nSPS) is 16.1. The van der Waals surface area contributed by atoms with Crippen LogP contribution in [-0.4, -0.2) is 22.1 Å². The minimum absolute atomic E-state index is 0.00113. The van der Waals surface area contributed by atoms with Gasteiger partial charge in [0.15, 0.2) is 0 Å². The highest BCUT2D eigenvalue weighted by molar-refractivity contribution is 7.93. The number of hydrogen-bond donors (Lipinski definition) is 2. The van der Waals surface area contributed by atoms with E-state index >= 15 is 0 Å². The molecule has 0 spiro atoms. The van der Waals surface area contributed by atoms with E-state index < -0.39 is 20.0 Å². The Morgan fingerprint density at radius 3 is 2.30 bits per heavy atom. The summed E-state index contributed by atoms with van der Waals surface area (Å²) in [5.41, 5.74) is 1.64. The summed E-state index contributed by atoms with van der Waals surface area (Å²) < 4.78 is 49.4. The number of rotatable bonds is 5. The van der Waals surface area contributed by atoms with Crippen molar-refractivity contribution in [2.24, 2.45) is 5.14 Å². The van der Waals surface area contributed by atoms with Gasteiger partial charge in [0.05, 0.1) is 15.8 Å². The Morgan fingerprint density at radius 1 is 1.25 bits per heavy atom. The van der Waals surface area contributed by atoms with E-state index in [1.54, 1.807) is 6.92 Å². The molecule has 1 aliphatic rings. The van der Waals surface area contributed by atoms with Crippen LogP contribution >= 0.6 is 0 Å². The molecule has 0 aliphatic heterocycles. The van der Waals surface area contributed by atoms with Gasteiger partial charge in [-0.2, -0.15) is 0 Å². The van der Waals surface area contributed by atoms with E-state index in [2.05, 4.69) is 4.72 Å². The zero-order chi connectivity index (χ0) is 15.1. The summed E-state index contributed by atoms with van der Waals surface area (Å²) in [6.45, 7) is 3.50. The van der Waals surface area contributed by atoms with Crippen molar-refractivity contribution in [2.75, 3.05) is 4.72 Å². The number of sulfonamides is 2. The van der Waals surface area contributed by atoms with Gasteiger partial charge in [-0.25, -0.2) is 22.0 Å². The molecule has 0 aromatic heterocycles. The van der Waals surface area contributed by atoms with Crippen LogP contribution in [0.4, 0.5) is 5.69 Å². The fourth-order valence-corrected chi connectivity index (χ4v) is 4.16. The monoisotopic (exact) mass is 318 g/mol. The molecule has 0 heterocycles. The molecule has 0 bridgehead atoms. The van der Waals surface area contributed by atoms with E-state index in [0.717, 1.165) is 0 Å². The third-order valence-electron chi connectivity index (χ3n) is 3.31. The van der Waals surface area contributed by atoms with Crippen molar-refractivity contribution >= 4 is 25.7 Å². The number of benzene rings is 1. The number of anilines is 1. The van der Waals surface area contributed by atoms with Gasteiger partial charge < -0.3 is 0 Å². The maximum absolute atomic E-state index is 12.0. The smallest absolute Gasteiger partial charge is 0.238 e. The molecule has 0 saturated heterocycles. The quantitative estimate of drug-likeness (QED) is 0.848. The number of aryl methyl sites for hydroxylation is 2. The van der Waals surface area contributed by atoms with Crippen LogP contribution in [-0.2, 0) is 26.5 Å². The maximum atomic E-state index is 12.0. The lowest BCUT2D eigenvalue weighted by Gasteiger charge is -2.15. The van der Waals surface area contributed by atoms with Crippen molar-refractivity contribution in [3.05, 3.63) is 23.3 Å². The van der Waals surface area contributed by atoms with Gasteiger partial charge in [0.2, 0.25) is 20.0 Å². The molecule has 0 atom stereocenters. The molecule has 1 fully saturated rings. The molecular weight excluding hydrogens is 300 g/mol. The summed E-state index contributed by atoms with van der Waals surface area (Å²) in [6, 6.07) is 2.81. The van der Waals surface area contributed by atoms with Gasteiger partial charge in [0, 0.05) is 0 Å². The third-order valence-corrected chi connectivity index (χ3v) is 6.04. The van der Waals surface area contributed by atoms with Crippen LogP contribution in [0.3, 0.4) is 0 Å². The molecule has 6 nitrogen and oxygen atoms in total. The second kappa shape index (κ2) is 5.01. The van der Waals surface area contributed by atoms with Crippen LogP contribution in [0.25, 0.3) is 0 Å². The zero-order valence-electron chi connectivity index (χ0n) is 11.4. The average molecular weight is 318 g/mol. The van der Waals surface area contributed by atoms with Crippen molar-refractivity contribution in [3.63, 3.8) is 0 Å². The fourth-order valence-electron chi connectivity index (χ4n) is 2.02. The Balaban J connectivity index is 2.48. The molecule has 0 amide bonds. The van der Waals surface area contributed by atoms with E-state index in [4.69, 9.17) is 5.14 Å². The van der Waals surface area contributed by atoms with Gasteiger partial charge in [-0.1, -0.05) is 6.92 Å². The highest BCUT2D eigenvalue weighted by Gasteiger charge is 2.36. The van der Waals surface area contributed by atoms with Crippen LogP contribution in [0.15, 0.2) is 17.0 Å². The summed E-state index contributed by atoms with van der Waals surface area (Å²) in [4.78, 5) is 0.00113. The van der Waals surface area contributed by atoms with Gasteiger partial charge in [-0.15, -0.1) is 0 Å². The van der Waals surface area contributed by atoms with Crippen LogP contribution < -0.4 is 9.86 Å². The minimum atomic E-state index is -3.80. The standard InChI is InChI=1S/C12H18N2O4S2/c1-3-9-7-11(19(13,15)16)6-8(2)12(9)14-20(17,18)10-4-5-10/h6-7,10,14H,3-5H2,1-2H3,(H2,13,15,16). The Morgan fingerprint density at radius 2 is 1.85 bits per heavy atom. The summed E-state index contributed by atoms with van der Waals surface area (Å²) in [7, 11) is -7.17. The summed E-state index contributed by atoms with van der Waals surface area (Å²) in [6.07, 6.45) is 1.85. The van der Waals surface area contributed by atoms with Crippen LogP contribution in [0.1, 0.15) is 30.9 Å². The first kappa shape index (κ1) is 15.3. The molecule has 0 radical (unpaired) electrons. The molecule has 1 aliphatic carbocycles. The average Bonchev–Trinajstić information content (AvgIpc) is 3.14. The van der Waals surface area contributed by atoms with Crippen LogP contribution in [0, 0.1) is 6.92 Å². The van der Waals surface area contributed by atoms with Crippen molar-refractivity contribution in [2.45, 2.75) is 43.3 Å². The largest absolute Gasteiger partial charge is 0.283 e. The molecule has 3 N–H and O–H groups in total. The number of hydrogen-bond acceptors (Lipinski definition) is 4. The lowest BCUT2D eigenvalue weighted by molar-refractivity contribution is 0.597. The van der Waals surface area contributed by atoms with Crippen LogP contribution in [0.5, 0.6) is 0 Å². The Bertz CT molecular complexity index is 735. The van der Waals surface area contributed by atoms with E-state index in [1.807, 2.05) is 6.92 Å². The molecule has 1 saturated carbocycles. The zero-order valence-corrected chi connectivity index (χ0v) is 13.0. The molecule has 20 heavy (non-hydrogen) atoms. The van der Waals surface area contributed by atoms with Gasteiger partial charge in [0.25, 0.3) is 0 Å².